The van der Waals surface area contributed by atoms with Crippen molar-refractivity contribution in [2.24, 2.45) is 0 Å². The SMILES string of the molecule is COc1ccc(C)c2sc(N(CCCN(C)C)C(=O)c3cccc(S(C)(=O)=O)c3)nc12. The van der Waals surface area contributed by atoms with Crippen LogP contribution in [0.25, 0.3) is 10.2 Å². The van der Waals surface area contributed by atoms with E-state index in [0.717, 1.165) is 35.0 Å². The number of rotatable bonds is 8. The van der Waals surface area contributed by atoms with E-state index in [9.17, 15) is 13.2 Å². The van der Waals surface area contributed by atoms with Gasteiger partial charge in [0.05, 0.1) is 16.7 Å². The standard InChI is InChI=1S/C22H27N3O4S2/c1-15-10-11-18(29-4)19-20(15)30-22(23-19)25(13-7-12-24(2)3)21(26)16-8-6-9-17(14-16)31(5,27)28/h6,8-11,14H,7,12-13H2,1-5H3. The number of thiazole rings is 1. The Morgan fingerprint density at radius 3 is 2.55 bits per heavy atom. The van der Waals surface area contributed by atoms with Crippen molar-refractivity contribution in [3.63, 3.8) is 0 Å². The predicted molar refractivity (Wildman–Crippen MR) is 125 cm³/mol. The van der Waals surface area contributed by atoms with Crippen molar-refractivity contribution in [3.8, 4) is 5.75 Å². The number of nitrogens with zero attached hydrogens (tertiary/aromatic N) is 3. The van der Waals surface area contributed by atoms with E-state index in [1.165, 1.54) is 23.5 Å². The Morgan fingerprint density at radius 2 is 1.90 bits per heavy atom. The van der Waals surface area contributed by atoms with Crippen LogP contribution in [0.4, 0.5) is 5.13 Å². The Balaban J connectivity index is 2.06. The minimum absolute atomic E-state index is 0.119. The first kappa shape index (κ1) is 23.2. The zero-order valence-electron chi connectivity index (χ0n) is 18.4. The van der Waals surface area contributed by atoms with E-state index in [1.54, 1.807) is 24.1 Å². The fraction of sp³-hybridized carbons (Fsp3) is 0.364. The molecule has 0 saturated carbocycles. The summed E-state index contributed by atoms with van der Waals surface area (Å²) in [6, 6.07) is 9.98. The largest absolute Gasteiger partial charge is 0.494 e. The molecular formula is C22H27N3O4S2. The molecule has 0 aliphatic heterocycles. The van der Waals surface area contributed by atoms with E-state index in [4.69, 9.17) is 9.72 Å². The molecule has 31 heavy (non-hydrogen) atoms. The molecule has 9 heteroatoms. The number of anilines is 1. The molecule has 1 aromatic heterocycles. The van der Waals surface area contributed by atoms with Crippen LogP contribution >= 0.6 is 11.3 Å². The number of hydrogen-bond acceptors (Lipinski definition) is 7. The topological polar surface area (TPSA) is 79.8 Å². The zero-order chi connectivity index (χ0) is 22.8. The Morgan fingerprint density at radius 1 is 1.16 bits per heavy atom. The Labute approximate surface area is 187 Å². The molecule has 3 aromatic rings. The second-order valence-electron chi connectivity index (χ2n) is 7.67. The molecule has 0 unspecified atom stereocenters. The fourth-order valence-electron chi connectivity index (χ4n) is 3.22. The van der Waals surface area contributed by atoms with Crippen molar-refractivity contribution < 1.29 is 17.9 Å². The Bertz CT molecular complexity index is 1200. The van der Waals surface area contributed by atoms with E-state index < -0.39 is 9.84 Å². The lowest BCUT2D eigenvalue weighted by molar-refractivity contribution is 0.0986. The smallest absolute Gasteiger partial charge is 0.260 e. The van der Waals surface area contributed by atoms with Crippen LogP contribution in [0.15, 0.2) is 41.3 Å². The third-order valence-corrected chi connectivity index (χ3v) is 7.21. The van der Waals surface area contributed by atoms with Gasteiger partial charge in [0.1, 0.15) is 11.3 Å². The molecule has 1 heterocycles. The summed E-state index contributed by atoms with van der Waals surface area (Å²) >= 11 is 1.44. The number of carbonyl (C=O) groups excluding carboxylic acids is 1. The molecule has 2 aromatic carbocycles. The lowest BCUT2D eigenvalue weighted by Gasteiger charge is -2.21. The fourth-order valence-corrected chi connectivity index (χ4v) is 4.97. The van der Waals surface area contributed by atoms with E-state index in [1.807, 2.05) is 33.2 Å². The lowest BCUT2D eigenvalue weighted by Crippen LogP contribution is -2.33. The van der Waals surface area contributed by atoms with Crippen LogP contribution < -0.4 is 9.64 Å². The lowest BCUT2D eigenvalue weighted by atomic mass is 10.2. The molecule has 0 N–H and O–H groups in total. The monoisotopic (exact) mass is 461 g/mol. The number of ether oxygens (including phenoxy) is 1. The van der Waals surface area contributed by atoms with Gasteiger partial charge >= 0.3 is 0 Å². The normalized spacial score (nSPS) is 11.8. The van der Waals surface area contributed by atoms with Gasteiger partial charge in [0, 0.05) is 18.4 Å². The number of sulfone groups is 1. The highest BCUT2D eigenvalue weighted by Crippen LogP contribution is 2.37. The summed E-state index contributed by atoms with van der Waals surface area (Å²) in [6.45, 7) is 3.26. The molecule has 0 saturated heterocycles. The van der Waals surface area contributed by atoms with Crippen LogP contribution in [0.3, 0.4) is 0 Å². The van der Waals surface area contributed by atoms with Crippen LogP contribution in [0.2, 0.25) is 0 Å². The molecule has 0 aliphatic rings. The van der Waals surface area contributed by atoms with Crippen LogP contribution in [0.5, 0.6) is 5.75 Å². The molecule has 0 aliphatic carbocycles. The van der Waals surface area contributed by atoms with Gasteiger partial charge in [-0.3, -0.25) is 9.69 Å². The third kappa shape index (κ3) is 5.23. The highest BCUT2D eigenvalue weighted by atomic mass is 32.2. The molecule has 0 spiro atoms. The van der Waals surface area contributed by atoms with Crippen molar-refractivity contribution in [3.05, 3.63) is 47.5 Å². The molecule has 1 amide bonds. The summed E-state index contributed by atoms with van der Waals surface area (Å²) in [6.07, 6.45) is 1.88. The van der Waals surface area contributed by atoms with E-state index in [-0.39, 0.29) is 10.8 Å². The summed E-state index contributed by atoms with van der Waals surface area (Å²) in [7, 11) is 2.14. The van der Waals surface area contributed by atoms with Crippen LogP contribution in [0.1, 0.15) is 22.3 Å². The maximum atomic E-state index is 13.5. The number of benzene rings is 2. The molecule has 0 fully saturated rings. The summed E-state index contributed by atoms with van der Waals surface area (Å²) in [4.78, 5) is 22.0. The highest BCUT2D eigenvalue weighted by molar-refractivity contribution is 7.90. The first-order valence-electron chi connectivity index (χ1n) is 9.82. The third-order valence-electron chi connectivity index (χ3n) is 4.88. The zero-order valence-corrected chi connectivity index (χ0v) is 20.0. The second-order valence-corrected chi connectivity index (χ2v) is 10.7. The molecule has 0 bridgehead atoms. The summed E-state index contributed by atoms with van der Waals surface area (Å²) in [5.74, 6) is 0.378. The molecule has 0 radical (unpaired) electrons. The van der Waals surface area contributed by atoms with Crippen LogP contribution in [-0.4, -0.2) is 64.8 Å². The number of methoxy groups -OCH3 is 1. The van der Waals surface area contributed by atoms with Gasteiger partial charge in [-0.1, -0.05) is 23.5 Å². The van der Waals surface area contributed by atoms with E-state index >= 15 is 0 Å². The minimum atomic E-state index is -3.42. The van der Waals surface area contributed by atoms with Gasteiger partial charge in [0.25, 0.3) is 5.91 Å². The van der Waals surface area contributed by atoms with Gasteiger partial charge in [0.2, 0.25) is 0 Å². The number of hydrogen-bond donors (Lipinski definition) is 0. The van der Waals surface area contributed by atoms with Crippen molar-refractivity contribution in [1.82, 2.24) is 9.88 Å². The molecule has 0 atom stereocenters. The Hall–Kier alpha value is -2.49. The summed E-state index contributed by atoms with van der Waals surface area (Å²) in [5, 5.41) is 0.566. The minimum Gasteiger partial charge on any atom is -0.494 e. The molecular weight excluding hydrogens is 434 g/mol. The highest BCUT2D eigenvalue weighted by Gasteiger charge is 2.23. The number of aromatic nitrogens is 1. The van der Waals surface area contributed by atoms with Gasteiger partial charge in [-0.25, -0.2) is 13.4 Å². The van der Waals surface area contributed by atoms with Gasteiger partial charge in [0.15, 0.2) is 15.0 Å². The van der Waals surface area contributed by atoms with Crippen LogP contribution in [-0.2, 0) is 9.84 Å². The average molecular weight is 462 g/mol. The summed E-state index contributed by atoms with van der Waals surface area (Å²) in [5.41, 5.74) is 2.09. The Kier molecular flexibility index (Phi) is 6.98. The summed E-state index contributed by atoms with van der Waals surface area (Å²) < 4.78 is 30.3. The van der Waals surface area contributed by atoms with Gasteiger partial charge < -0.3 is 9.64 Å². The molecule has 166 valence electrons. The second kappa shape index (κ2) is 9.33. The number of fused-ring (bicyclic) bond motifs is 1. The van der Waals surface area contributed by atoms with Gasteiger partial charge in [-0.15, -0.1) is 0 Å². The number of aryl methyl sites for hydroxylation is 1. The van der Waals surface area contributed by atoms with E-state index in [2.05, 4.69) is 4.90 Å². The van der Waals surface area contributed by atoms with Crippen molar-refractivity contribution in [2.45, 2.75) is 18.2 Å². The van der Waals surface area contributed by atoms with Crippen molar-refractivity contribution in [2.75, 3.05) is 45.5 Å². The van der Waals surface area contributed by atoms with Crippen molar-refractivity contribution >= 4 is 42.4 Å². The van der Waals surface area contributed by atoms with Crippen LogP contribution in [0, 0.1) is 6.92 Å². The molecule has 3 rings (SSSR count). The average Bonchev–Trinajstić information content (AvgIpc) is 3.16. The van der Waals surface area contributed by atoms with Gasteiger partial charge in [-0.2, -0.15) is 0 Å². The maximum absolute atomic E-state index is 13.5. The number of amides is 1. The predicted octanol–water partition coefficient (Wildman–Crippen LogP) is 3.62. The molecule has 7 nitrogen and oxygen atoms in total. The van der Waals surface area contributed by atoms with Gasteiger partial charge in [-0.05, 0) is 63.8 Å². The maximum Gasteiger partial charge on any atom is 0.260 e. The van der Waals surface area contributed by atoms with Crippen molar-refractivity contribution in [1.29, 1.82) is 0 Å². The van der Waals surface area contributed by atoms with E-state index in [0.29, 0.717) is 23.0 Å². The quantitative estimate of drug-likeness (QED) is 0.510. The first-order chi connectivity index (χ1) is 14.6. The first-order valence-corrected chi connectivity index (χ1v) is 12.5. The number of carbonyl (C=O) groups is 1.